The Morgan fingerprint density at radius 2 is 1.09 bits per heavy atom. The Morgan fingerprint density at radius 3 is 1.55 bits per heavy atom. The van der Waals surface area contributed by atoms with Crippen molar-refractivity contribution in [2.45, 2.75) is 109 Å². The lowest BCUT2D eigenvalue weighted by molar-refractivity contribution is 0.319. The van der Waals surface area contributed by atoms with Gasteiger partial charge in [0, 0.05) is 6.61 Å². The molecular formula is C19H43NOSi. The molecule has 3 heteroatoms. The molecule has 0 radical (unpaired) electrons. The molecule has 0 aromatic heterocycles. The first-order chi connectivity index (χ1) is 10.9. The maximum atomic E-state index is 5.73. The van der Waals surface area contributed by atoms with Crippen LogP contribution < -0.4 is 5.73 Å². The molecule has 0 aliphatic carbocycles. The molecule has 0 rings (SSSR count). The standard InChI is InChI=1S/C19H43NOSi/c1-2-3-4-5-6-7-8-9-10-11-12-13-14-15-18-21-22-19-16-17-20/h2-20,22H2,1H3. The highest BCUT2D eigenvalue weighted by molar-refractivity contribution is 6.26. The molecule has 0 atom stereocenters. The van der Waals surface area contributed by atoms with Crippen molar-refractivity contribution in [1.82, 2.24) is 0 Å². The minimum atomic E-state index is -0.243. The first-order valence-electron chi connectivity index (χ1n) is 10.2. The van der Waals surface area contributed by atoms with Gasteiger partial charge in [-0.05, 0) is 25.4 Å². The molecule has 2 N–H and O–H groups in total. The molecule has 0 heterocycles. The van der Waals surface area contributed by atoms with E-state index in [2.05, 4.69) is 6.92 Å². The number of hydrogen-bond acceptors (Lipinski definition) is 2. The van der Waals surface area contributed by atoms with E-state index in [0.717, 1.165) is 19.6 Å². The van der Waals surface area contributed by atoms with Gasteiger partial charge in [-0.2, -0.15) is 0 Å². The summed E-state index contributed by atoms with van der Waals surface area (Å²) < 4.78 is 5.73. The van der Waals surface area contributed by atoms with Crippen molar-refractivity contribution >= 4 is 9.76 Å². The number of nitrogens with two attached hydrogens (primary N) is 1. The predicted octanol–water partition coefficient (Wildman–Crippen LogP) is 5.34. The van der Waals surface area contributed by atoms with E-state index < -0.39 is 0 Å². The van der Waals surface area contributed by atoms with Crippen LogP contribution >= 0.6 is 0 Å². The zero-order valence-corrected chi connectivity index (χ0v) is 16.8. The van der Waals surface area contributed by atoms with Crippen LogP contribution in [-0.4, -0.2) is 22.9 Å². The third-order valence-corrected chi connectivity index (χ3v) is 5.75. The molecule has 0 bridgehead atoms. The van der Waals surface area contributed by atoms with E-state index in [0.29, 0.717) is 0 Å². The Balaban J connectivity index is 2.91. The van der Waals surface area contributed by atoms with Gasteiger partial charge in [0.25, 0.3) is 0 Å². The molecule has 0 aliphatic heterocycles. The van der Waals surface area contributed by atoms with Crippen LogP contribution in [0.1, 0.15) is 103 Å². The van der Waals surface area contributed by atoms with E-state index in [4.69, 9.17) is 10.2 Å². The van der Waals surface area contributed by atoms with Gasteiger partial charge in [0.2, 0.25) is 0 Å². The minimum absolute atomic E-state index is 0.243. The Labute approximate surface area is 142 Å². The summed E-state index contributed by atoms with van der Waals surface area (Å²) in [6, 6.07) is 1.26. The third-order valence-electron chi connectivity index (χ3n) is 4.39. The highest BCUT2D eigenvalue weighted by Crippen LogP contribution is 2.12. The third kappa shape index (κ3) is 20.1. The van der Waals surface area contributed by atoms with Crippen LogP contribution in [0.3, 0.4) is 0 Å². The van der Waals surface area contributed by atoms with Crippen LogP contribution in [0.5, 0.6) is 0 Å². The first kappa shape index (κ1) is 22.1. The van der Waals surface area contributed by atoms with E-state index in [-0.39, 0.29) is 9.76 Å². The molecule has 134 valence electrons. The predicted molar refractivity (Wildman–Crippen MR) is 103 cm³/mol. The summed E-state index contributed by atoms with van der Waals surface area (Å²) in [5.41, 5.74) is 5.47. The molecule has 0 aromatic carbocycles. The highest BCUT2D eigenvalue weighted by Gasteiger charge is 1.94. The van der Waals surface area contributed by atoms with E-state index in [1.165, 1.54) is 95.9 Å². The quantitative estimate of drug-likeness (QED) is 0.256. The van der Waals surface area contributed by atoms with Crippen molar-refractivity contribution in [2.24, 2.45) is 5.73 Å². The van der Waals surface area contributed by atoms with Crippen LogP contribution in [0.25, 0.3) is 0 Å². The van der Waals surface area contributed by atoms with E-state index in [9.17, 15) is 0 Å². The number of hydrogen-bond donors (Lipinski definition) is 1. The minimum Gasteiger partial charge on any atom is -0.424 e. The largest absolute Gasteiger partial charge is 0.424 e. The van der Waals surface area contributed by atoms with Crippen molar-refractivity contribution in [2.75, 3.05) is 13.2 Å². The summed E-state index contributed by atoms with van der Waals surface area (Å²) in [7, 11) is -0.243. The van der Waals surface area contributed by atoms with Gasteiger partial charge in [0.1, 0.15) is 0 Å². The monoisotopic (exact) mass is 329 g/mol. The van der Waals surface area contributed by atoms with Crippen LogP contribution in [0, 0.1) is 0 Å². The Morgan fingerprint density at radius 1 is 0.636 bits per heavy atom. The first-order valence-corrected chi connectivity index (χ1v) is 11.8. The van der Waals surface area contributed by atoms with Crippen molar-refractivity contribution in [1.29, 1.82) is 0 Å². The average Bonchev–Trinajstić information content (AvgIpc) is 2.54. The molecule has 0 spiro atoms. The fourth-order valence-corrected chi connectivity index (χ4v) is 3.95. The fraction of sp³-hybridized carbons (Fsp3) is 1.00. The van der Waals surface area contributed by atoms with Crippen molar-refractivity contribution in [3.63, 3.8) is 0 Å². The van der Waals surface area contributed by atoms with Gasteiger partial charge in [0.15, 0.2) is 9.76 Å². The molecule has 0 fully saturated rings. The zero-order chi connectivity index (χ0) is 16.1. The highest BCUT2D eigenvalue weighted by atomic mass is 28.2. The summed E-state index contributed by atoms with van der Waals surface area (Å²) in [6.07, 6.45) is 21.1. The maximum absolute atomic E-state index is 5.73. The molecule has 0 amide bonds. The lowest BCUT2D eigenvalue weighted by Crippen LogP contribution is -2.04. The molecular weight excluding hydrogens is 286 g/mol. The van der Waals surface area contributed by atoms with Gasteiger partial charge < -0.3 is 10.2 Å². The second-order valence-electron chi connectivity index (χ2n) is 6.70. The summed E-state index contributed by atoms with van der Waals surface area (Å²) in [6.45, 7) is 4.13. The maximum Gasteiger partial charge on any atom is 0.161 e. The van der Waals surface area contributed by atoms with Crippen molar-refractivity contribution in [3.8, 4) is 0 Å². The molecule has 0 saturated heterocycles. The van der Waals surface area contributed by atoms with Crippen molar-refractivity contribution < 1.29 is 4.43 Å². The Bertz CT molecular complexity index is 170. The number of rotatable bonds is 19. The molecule has 22 heavy (non-hydrogen) atoms. The normalized spacial score (nSPS) is 11.7. The van der Waals surface area contributed by atoms with Gasteiger partial charge in [-0.1, -0.05) is 90.4 Å². The van der Waals surface area contributed by atoms with Gasteiger partial charge in [-0.15, -0.1) is 0 Å². The summed E-state index contributed by atoms with van der Waals surface area (Å²) in [5, 5.41) is 0. The van der Waals surface area contributed by atoms with Crippen LogP contribution in [0.2, 0.25) is 6.04 Å². The van der Waals surface area contributed by atoms with E-state index >= 15 is 0 Å². The van der Waals surface area contributed by atoms with Gasteiger partial charge >= 0.3 is 0 Å². The van der Waals surface area contributed by atoms with E-state index in [1.807, 2.05) is 0 Å². The van der Waals surface area contributed by atoms with E-state index in [1.54, 1.807) is 0 Å². The fourth-order valence-electron chi connectivity index (χ4n) is 2.85. The SMILES string of the molecule is CCCCCCCCCCCCCCCCO[SiH2]CCCN. The lowest BCUT2D eigenvalue weighted by Gasteiger charge is -2.04. The molecule has 0 saturated carbocycles. The Hall–Kier alpha value is 0.137. The second-order valence-corrected chi connectivity index (χ2v) is 8.23. The zero-order valence-electron chi connectivity index (χ0n) is 15.4. The molecule has 2 nitrogen and oxygen atoms in total. The molecule has 0 unspecified atom stereocenters. The summed E-state index contributed by atoms with van der Waals surface area (Å²) in [4.78, 5) is 0. The molecule has 0 aliphatic rings. The summed E-state index contributed by atoms with van der Waals surface area (Å²) in [5.74, 6) is 0. The Kier molecular flexibility index (Phi) is 21.3. The average molecular weight is 330 g/mol. The molecule has 0 aromatic rings. The van der Waals surface area contributed by atoms with Crippen LogP contribution in [0.15, 0.2) is 0 Å². The smallest absolute Gasteiger partial charge is 0.161 e. The van der Waals surface area contributed by atoms with Crippen LogP contribution in [0.4, 0.5) is 0 Å². The topological polar surface area (TPSA) is 35.2 Å². The van der Waals surface area contributed by atoms with Crippen LogP contribution in [-0.2, 0) is 4.43 Å². The lowest BCUT2D eigenvalue weighted by atomic mass is 10.0. The summed E-state index contributed by atoms with van der Waals surface area (Å²) >= 11 is 0. The number of unbranched alkanes of at least 4 members (excludes halogenated alkanes) is 13. The van der Waals surface area contributed by atoms with Gasteiger partial charge in [-0.25, -0.2) is 0 Å². The van der Waals surface area contributed by atoms with Gasteiger partial charge in [-0.3, -0.25) is 0 Å². The van der Waals surface area contributed by atoms with Crippen molar-refractivity contribution in [3.05, 3.63) is 0 Å². The van der Waals surface area contributed by atoms with Gasteiger partial charge in [0.05, 0.1) is 0 Å². The second kappa shape index (κ2) is 21.1.